The molecule has 1 aliphatic heterocycles. The molecule has 1 atom stereocenters. The minimum Gasteiger partial charge on any atom is -0.418 e. The number of hydrogen-bond donors (Lipinski definition) is 0. The fraction of sp³-hybridized carbons (Fsp3) is 0.467. The number of benzene rings is 1. The summed E-state index contributed by atoms with van der Waals surface area (Å²) in [4.78, 5) is 0.247. The Balaban J connectivity index is 1.92. The highest BCUT2D eigenvalue weighted by Crippen LogP contribution is 2.26. The van der Waals surface area contributed by atoms with Crippen LogP contribution in [0.2, 0.25) is 0 Å². The van der Waals surface area contributed by atoms with E-state index in [0.717, 1.165) is 12.8 Å². The molecule has 7 nitrogen and oxygen atoms in total. The quantitative estimate of drug-likeness (QED) is 0.831. The van der Waals surface area contributed by atoms with E-state index in [2.05, 4.69) is 10.2 Å². The van der Waals surface area contributed by atoms with Crippen molar-refractivity contribution in [2.75, 3.05) is 20.2 Å². The topological polar surface area (TPSA) is 85.5 Å². The largest absolute Gasteiger partial charge is 0.418 e. The van der Waals surface area contributed by atoms with Crippen LogP contribution in [0.15, 0.2) is 33.6 Å². The average Bonchev–Trinajstić information content (AvgIpc) is 3.26. The predicted molar refractivity (Wildman–Crippen MR) is 83.2 cm³/mol. The fourth-order valence-corrected chi connectivity index (χ4v) is 4.05. The normalized spacial score (nSPS) is 17.5. The molecule has 1 aliphatic rings. The van der Waals surface area contributed by atoms with Crippen LogP contribution in [0.4, 0.5) is 0 Å². The maximum Gasteiger partial charge on any atom is 0.247 e. The van der Waals surface area contributed by atoms with Crippen LogP contribution < -0.4 is 0 Å². The van der Waals surface area contributed by atoms with Gasteiger partial charge in [0.25, 0.3) is 0 Å². The van der Waals surface area contributed by atoms with Crippen molar-refractivity contribution in [2.24, 2.45) is 0 Å². The minimum atomic E-state index is -3.46. The van der Waals surface area contributed by atoms with Crippen molar-refractivity contribution in [3.8, 4) is 11.5 Å². The zero-order valence-electron chi connectivity index (χ0n) is 13.1. The number of sulfonamides is 1. The van der Waals surface area contributed by atoms with Gasteiger partial charge in [0, 0.05) is 25.8 Å². The Bertz CT molecular complexity index is 782. The van der Waals surface area contributed by atoms with E-state index in [9.17, 15) is 8.42 Å². The molecule has 23 heavy (non-hydrogen) atoms. The molecular weight excluding hydrogens is 318 g/mol. The molecule has 3 rings (SSSR count). The molecule has 0 spiro atoms. The van der Waals surface area contributed by atoms with Crippen molar-refractivity contribution >= 4 is 10.0 Å². The first-order valence-corrected chi connectivity index (χ1v) is 8.93. The Kier molecular flexibility index (Phi) is 4.47. The first-order valence-electron chi connectivity index (χ1n) is 7.49. The molecule has 0 aliphatic carbocycles. The number of ether oxygens (including phenoxy) is 1. The Hall–Kier alpha value is -1.77. The summed E-state index contributed by atoms with van der Waals surface area (Å²) in [7, 11) is -1.91. The Morgan fingerprint density at radius 2 is 2.00 bits per heavy atom. The summed E-state index contributed by atoms with van der Waals surface area (Å²) in [6.07, 6.45) is 1.49. The molecule has 8 heteroatoms. The van der Waals surface area contributed by atoms with Crippen LogP contribution in [0.25, 0.3) is 11.5 Å². The molecule has 0 radical (unpaired) electrons. The van der Waals surface area contributed by atoms with Crippen LogP contribution in [0.5, 0.6) is 0 Å². The summed E-state index contributed by atoms with van der Waals surface area (Å²) >= 11 is 0. The summed E-state index contributed by atoms with van der Waals surface area (Å²) in [6, 6.07) is 6.59. The highest BCUT2D eigenvalue weighted by atomic mass is 32.2. The highest BCUT2D eigenvalue weighted by Gasteiger charge is 2.27. The van der Waals surface area contributed by atoms with Crippen LogP contribution in [0.1, 0.15) is 31.8 Å². The number of nitrogens with zero attached hydrogens (tertiary/aromatic N) is 3. The lowest BCUT2D eigenvalue weighted by atomic mass is 10.2. The molecule has 0 bridgehead atoms. The van der Waals surface area contributed by atoms with Crippen LogP contribution >= 0.6 is 0 Å². The molecule has 0 saturated carbocycles. The van der Waals surface area contributed by atoms with Gasteiger partial charge in [0.05, 0.1) is 4.90 Å². The van der Waals surface area contributed by atoms with Crippen LogP contribution in [0.3, 0.4) is 0 Å². The third kappa shape index (κ3) is 3.15. The second-order valence-corrected chi connectivity index (χ2v) is 7.40. The van der Waals surface area contributed by atoms with Gasteiger partial charge in [0.15, 0.2) is 0 Å². The molecule has 0 N–H and O–H groups in total. The smallest absolute Gasteiger partial charge is 0.247 e. The van der Waals surface area contributed by atoms with Gasteiger partial charge in [-0.25, -0.2) is 8.42 Å². The zero-order valence-corrected chi connectivity index (χ0v) is 13.9. The first-order chi connectivity index (χ1) is 11.0. The van der Waals surface area contributed by atoms with Crippen LogP contribution in [-0.4, -0.2) is 43.1 Å². The van der Waals surface area contributed by atoms with E-state index in [0.29, 0.717) is 24.5 Å². The minimum absolute atomic E-state index is 0.247. The van der Waals surface area contributed by atoms with Crippen molar-refractivity contribution in [3.05, 3.63) is 30.2 Å². The highest BCUT2D eigenvalue weighted by molar-refractivity contribution is 7.89. The standard InChI is InChI=1S/C15H19N3O4S/c1-11(21-2)14-16-17-15(22-14)12-6-5-7-13(10-12)23(19,20)18-8-3-4-9-18/h5-7,10-11H,3-4,8-9H2,1-2H3. The number of hydrogen-bond acceptors (Lipinski definition) is 6. The number of aromatic nitrogens is 2. The molecular formula is C15H19N3O4S. The second kappa shape index (κ2) is 6.38. The van der Waals surface area contributed by atoms with Gasteiger partial charge < -0.3 is 9.15 Å². The third-order valence-electron chi connectivity index (χ3n) is 3.93. The molecule has 124 valence electrons. The average molecular weight is 337 g/mol. The van der Waals surface area contributed by atoms with E-state index in [1.807, 2.05) is 0 Å². The van der Waals surface area contributed by atoms with Gasteiger partial charge in [-0.15, -0.1) is 10.2 Å². The van der Waals surface area contributed by atoms with Crippen LogP contribution in [0, 0.1) is 0 Å². The monoisotopic (exact) mass is 337 g/mol. The lowest BCUT2D eigenvalue weighted by molar-refractivity contribution is 0.0952. The molecule has 1 unspecified atom stereocenters. The molecule has 1 fully saturated rings. The number of rotatable bonds is 5. The zero-order chi connectivity index (χ0) is 16.4. The van der Waals surface area contributed by atoms with E-state index in [1.54, 1.807) is 38.3 Å². The molecule has 2 heterocycles. The Morgan fingerprint density at radius 3 is 2.70 bits per heavy atom. The number of methoxy groups -OCH3 is 1. The van der Waals surface area contributed by atoms with Crippen molar-refractivity contribution in [3.63, 3.8) is 0 Å². The molecule has 0 amide bonds. The summed E-state index contributed by atoms with van der Waals surface area (Å²) in [5.74, 6) is 0.637. The van der Waals surface area contributed by atoms with E-state index in [-0.39, 0.29) is 16.9 Å². The van der Waals surface area contributed by atoms with E-state index >= 15 is 0 Å². The van der Waals surface area contributed by atoms with E-state index < -0.39 is 10.0 Å². The Morgan fingerprint density at radius 1 is 1.26 bits per heavy atom. The van der Waals surface area contributed by atoms with Crippen molar-refractivity contribution in [2.45, 2.75) is 30.8 Å². The van der Waals surface area contributed by atoms with Gasteiger partial charge in [-0.05, 0) is 38.0 Å². The Labute approximate surface area is 135 Å². The SMILES string of the molecule is COC(C)c1nnc(-c2cccc(S(=O)(=O)N3CCCC3)c2)o1. The predicted octanol–water partition coefficient (Wildman–Crippen LogP) is 2.23. The summed E-state index contributed by atoms with van der Waals surface area (Å²) in [5.41, 5.74) is 0.576. The lowest BCUT2D eigenvalue weighted by Crippen LogP contribution is -2.27. The van der Waals surface area contributed by atoms with Crippen LogP contribution in [-0.2, 0) is 14.8 Å². The summed E-state index contributed by atoms with van der Waals surface area (Å²) in [6.45, 7) is 2.94. The maximum atomic E-state index is 12.6. The van der Waals surface area contributed by atoms with Gasteiger partial charge in [-0.1, -0.05) is 6.07 Å². The second-order valence-electron chi connectivity index (χ2n) is 5.46. The first kappa shape index (κ1) is 16.1. The van der Waals surface area contributed by atoms with Crippen molar-refractivity contribution < 1.29 is 17.6 Å². The molecule has 1 aromatic carbocycles. The lowest BCUT2D eigenvalue weighted by Gasteiger charge is -2.15. The van der Waals surface area contributed by atoms with Gasteiger partial charge >= 0.3 is 0 Å². The molecule has 1 aromatic heterocycles. The summed E-state index contributed by atoms with van der Waals surface area (Å²) < 4.78 is 37.4. The van der Waals surface area contributed by atoms with Crippen molar-refractivity contribution in [1.82, 2.24) is 14.5 Å². The van der Waals surface area contributed by atoms with E-state index in [4.69, 9.17) is 9.15 Å². The third-order valence-corrected chi connectivity index (χ3v) is 5.82. The maximum absolute atomic E-state index is 12.6. The molecule has 1 saturated heterocycles. The van der Waals surface area contributed by atoms with E-state index in [1.165, 1.54) is 4.31 Å². The van der Waals surface area contributed by atoms with Gasteiger partial charge in [0.1, 0.15) is 6.10 Å². The van der Waals surface area contributed by atoms with Crippen molar-refractivity contribution in [1.29, 1.82) is 0 Å². The van der Waals surface area contributed by atoms with Gasteiger partial charge in [-0.2, -0.15) is 4.31 Å². The summed E-state index contributed by atoms with van der Waals surface area (Å²) in [5, 5.41) is 7.90. The fourth-order valence-electron chi connectivity index (χ4n) is 2.48. The van der Waals surface area contributed by atoms with Gasteiger partial charge in [-0.3, -0.25) is 0 Å². The molecule has 2 aromatic rings. The van der Waals surface area contributed by atoms with Gasteiger partial charge in [0.2, 0.25) is 21.8 Å².